The zero-order valence-corrected chi connectivity index (χ0v) is 14.8. The maximum absolute atomic E-state index is 3.62. The molecule has 0 heterocycles. The van der Waals surface area contributed by atoms with E-state index in [0.29, 0.717) is 16.7 Å². The Kier molecular flexibility index (Phi) is 7.11. The topological polar surface area (TPSA) is 12.0 Å². The van der Waals surface area contributed by atoms with Gasteiger partial charge in [-0.2, -0.15) is 11.8 Å². The summed E-state index contributed by atoms with van der Waals surface area (Å²) >= 11 is 2.05. The summed E-state index contributed by atoms with van der Waals surface area (Å²) in [6.07, 6.45) is 1.12. The van der Waals surface area contributed by atoms with Gasteiger partial charge in [0.15, 0.2) is 0 Å². The summed E-state index contributed by atoms with van der Waals surface area (Å²) in [6.45, 7) is 14.6. The minimum atomic E-state index is 0.342. The monoisotopic (exact) mass is 293 g/mol. The fourth-order valence-electron chi connectivity index (χ4n) is 2.15. The summed E-state index contributed by atoms with van der Waals surface area (Å²) in [7, 11) is 0. The molecular formula is C18H31NS. The first-order chi connectivity index (χ1) is 9.31. The molecular weight excluding hydrogens is 262 g/mol. The van der Waals surface area contributed by atoms with Crippen LogP contribution in [0.3, 0.4) is 0 Å². The van der Waals surface area contributed by atoms with Crippen LogP contribution in [0.5, 0.6) is 0 Å². The van der Waals surface area contributed by atoms with Crippen molar-refractivity contribution in [3.8, 4) is 0 Å². The summed E-state index contributed by atoms with van der Waals surface area (Å²) in [5, 5.41) is 3.62. The van der Waals surface area contributed by atoms with Crippen molar-refractivity contribution in [2.24, 2.45) is 0 Å². The molecule has 1 nitrogen and oxygen atoms in total. The largest absolute Gasteiger partial charge is 0.313 e. The molecule has 0 radical (unpaired) electrons. The van der Waals surface area contributed by atoms with Gasteiger partial charge in [0.2, 0.25) is 0 Å². The molecule has 20 heavy (non-hydrogen) atoms. The van der Waals surface area contributed by atoms with Gasteiger partial charge in [0.25, 0.3) is 0 Å². The molecule has 0 aromatic heterocycles. The number of benzene rings is 1. The van der Waals surface area contributed by atoms with Gasteiger partial charge in [-0.15, -0.1) is 0 Å². The lowest BCUT2D eigenvalue weighted by molar-refractivity contribution is 0.570. The van der Waals surface area contributed by atoms with Gasteiger partial charge in [-0.3, -0.25) is 0 Å². The van der Waals surface area contributed by atoms with Crippen molar-refractivity contribution in [1.29, 1.82) is 0 Å². The van der Waals surface area contributed by atoms with Crippen molar-refractivity contribution in [2.45, 2.75) is 64.7 Å². The summed E-state index contributed by atoms with van der Waals surface area (Å²) in [5.74, 6) is 1.79. The predicted molar refractivity (Wildman–Crippen MR) is 93.9 cm³/mol. The SMILES string of the molecule is CCNC(CSC(C)(C)C)Cc1ccc(C(C)C)cc1. The molecule has 0 aliphatic rings. The molecule has 0 aliphatic carbocycles. The van der Waals surface area contributed by atoms with E-state index in [2.05, 4.69) is 71.1 Å². The Labute approximate surface area is 129 Å². The second-order valence-corrected chi connectivity index (χ2v) is 8.63. The van der Waals surface area contributed by atoms with Crippen LogP contribution in [0.4, 0.5) is 0 Å². The van der Waals surface area contributed by atoms with E-state index in [9.17, 15) is 0 Å². The zero-order valence-electron chi connectivity index (χ0n) is 14.0. The Morgan fingerprint density at radius 1 is 1.10 bits per heavy atom. The van der Waals surface area contributed by atoms with Crippen molar-refractivity contribution in [3.63, 3.8) is 0 Å². The van der Waals surface area contributed by atoms with Crippen LogP contribution in [-0.2, 0) is 6.42 Å². The van der Waals surface area contributed by atoms with Crippen LogP contribution < -0.4 is 5.32 Å². The Bertz CT molecular complexity index is 375. The lowest BCUT2D eigenvalue weighted by atomic mass is 9.99. The lowest BCUT2D eigenvalue weighted by Gasteiger charge is -2.23. The first-order valence-corrected chi connectivity index (χ1v) is 8.76. The molecule has 1 rings (SSSR count). The molecule has 1 unspecified atom stereocenters. The number of hydrogen-bond acceptors (Lipinski definition) is 2. The molecule has 0 bridgehead atoms. The molecule has 114 valence electrons. The van der Waals surface area contributed by atoms with Crippen molar-refractivity contribution >= 4 is 11.8 Å². The third-order valence-corrected chi connectivity index (χ3v) is 4.77. The minimum absolute atomic E-state index is 0.342. The number of rotatable bonds is 7. The Hall–Kier alpha value is -0.470. The van der Waals surface area contributed by atoms with E-state index in [4.69, 9.17) is 0 Å². The van der Waals surface area contributed by atoms with Gasteiger partial charge in [-0.1, -0.05) is 65.8 Å². The Balaban J connectivity index is 2.60. The highest BCUT2D eigenvalue weighted by molar-refractivity contribution is 8.00. The van der Waals surface area contributed by atoms with E-state index in [0.717, 1.165) is 13.0 Å². The smallest absolute Gasteiger partial charge is 0.0198 e. The van der Waals surface area contributed by atoms with Crippen LogP contribution in [0.1, 0.15) is 58.6 Å². The quantitative estimate of drug-likeness (QED) is 0.770. The van der Waals surface area contributed by atoms with Crippen molar-refractivity contribution in [3.05, 3.63) is 35.4 Å². The summed E-state index contributed by atoms with van der Waals surface area (Å²) < 4.78 is 0.342. The zero-order chi connectivity index (χ0) is 15.2. The molecule has 0 aliphatic heterocycles. The first kappa shape index (κ1) is 17.6. The number of nitrogens with one attached hydrogen (secondary N) is 1. The fraction of sp³-hybridized carbons (Fsp3) is 0.667. The van der Waals surface area contributed by atoms with E-state index >= 15 is 0 Å². The molecule has 1 aromatic carbocycles. The van der Waals surface area contributed by atoms with Gasteiger partial charge in [-0.05, 0) is 30.0 Å². The molecule has 1 atom stereocenters. The van der Waals surface area contributed by atoms with Crippen molar-refractivity contribution in [2.75, 3.05) is 12.3 Å². The highest BCUT2D eigenvalue weighted by atomic mass is 32.2. The van der Waals surface area contributed by atoms with Gasteiger partial charge in [-0.25, -0.2) is 0 Å². The summed E-state index contributed by atoms with van der Waals surface area (Å²) in [5.41, 5.74) is 2.87. The van der Waals surface area contributed by atoms with Gasteiger partial charge in [0, 0.05) is 16.5 Å². The number of hydrogen-bond donors (Lipinski definition) is 1. The van der Waals surface area contributed by atoms with Crippen molar-refractivity contribution < 1.29 is 0 Å². The molecule has 0 saturated heterocycles. The second-order valence-electron chi connectivity index (χ2n) is 6.78. The second kappa shape index (κ2) is 8.09. The number of likely N-dealkylation sites (N-methyl/N-ethyl adjacent to an activating group) is 1. The maximum atomic E-state index is 3.62. The van der Waals surface area contributed by atoms with Crippen LogP contribution >= 0.6 is 11.8 Å². The van der Waals surface area contributed by atoms with E-state index in [1.807, 2.05) is 11.8 Å². The number of thioether (sulfide) groups is 1. The van der Waals surface area contributed by atoms with E-state index in [-0.39, 0.29) is 0 Å². The summed E-state index contributed by atoms with van der Waals surface area (Å²) in [6, 6.07) is 9.71. The Morgan fingerprint density at radius 3 is 2.15 bits per heavy atom. The predicted octanol–water partition coefficient (Wildman–Crippen LogP) is 4.86. The third-order valence-electron chi connectivity index (χ3n) is 3.34. The van der Waals surface area contributed by atoms with Crippen LogP contribution in [0.2, 0.25) is 0 Å². The molecule has 0 saturated carbocycles. The first-order valence-electron chi connectivity index (χ1n) is 7.78. The van der Waals surface area contributed by atoms with E-state index in [1.165, 1.54) is 16.9 Å². The Morgan fingerprint density at radius 2 is 1.70 bits per heavy atom. The van der Waals surface area contributed by atoms with Crippen LogP contribution in [0.15, 0.2) is 24.3 Å². The highest BCUT2D eigenvalue weighted by Gasteiger charge is 2.15. The molecule has 2 heteroatoms. The standard InChI is InChI=1S/C18H31NS/c1-7-19-17(13-20-18(4,5)6)12-15-8-10-16(11-9-15)14(2)3/h8-11,14,17,19H,7,12-13H2,1-6H3. The van der Waals surface area contributed by atoms with Crippen LogP contribution in [0, 0.1) is 0 Å². The lowest BCUT2D eigenvalue weighted by Crippen LogP contribution is -2.34. The normalized spacial score (nSPS) is 13.8. The van der Waals surface area contributed by atoms with Crippen LogP contribution in [0.25, 0.3) is 0 Å². The molecule has 0 amide bonds. The maximum Gasteiger partial charge on any atom is 0.0198 e. The van der Waals surface area contributed by atoms with Gasteiger partial charge < -0.3 is 5.32 Å². The van der Waals surface area contributed by atoms with E-state index in [1.54, 1.807) is 0 Å². The highest BCUT2D eigenvalue weighted by Crippen LogP contribution is 2.24. The third kappa shape index (κ3) is 6.81. The molecule has 0 fully saturated rings. The minimum Gasteiger partial charge on any atom is -0.313 e. The average Bonchev–Trinajstić information content (AvgIpc) is 2.36. The van der Waals surface area contributed by atoms with Gasteiger partial charge in [0.1, 0.15) is 0 Å². The molecule has 0 spiro atoms. The summed E-state index contributed by atoms with van der Waals surface area (Å²) in [4.78, 5) is 0. The average molecular weight is 294 g/mol. The van der Waals surface area contributed by atoms with Crippen LogP contribution in [-0.4, -0.2) is 23.1 Å². The van der Waals surface area contributed by atoms with Crippen molar-refractivity contribution in [1.82, 2.24) is 5.32 Å². The fourth-order valence-corrected chi connectivity index (χ4v) is 3.09. The van der Waals surface area contributed by atoms with E-state index < -0.39 is 0 Å². The molecule has 1 N–H and O–H groups in total. The van der Waals surface area contributed by atoms with Gasteiger partial charge >= 0.3 is 0 Å². The molecule has 1 aromatic rings. The van der Waals surface area contributed by atoms with Gasteiger partial charge in [0.05, 0.1) is 0 Å².